The number of aromatic nitrogens is 2. The fourth-order valence-electron chi connectivity index (χ4n) is 1.17. The molecule has 2 N–H and O–H groups in total. The van der Waals surface area contributed by atoms with Gasteiger partial charge in [0.05, 0.1) is 11.0 Å². The highest BCUT2D eigenvalue weighted by Crippen LogP contribution is 2.17. The molecule has 2 aromatic rings. The molecule has 2 rings (SSSR count). The van der Waals surface area contributed by atoms with Crippen LogP contribution in [0.5, 0.6) is 5.75 Å². The first-order valence-electron chi connectivity index (χ1n) is 3.76. The summed E-state index contributed by atoms with van der Waals surface area (Å²) in [5.41, 5.74) is 1.72. The van der Waals surface area contributed by atoms with Gasteiger partial charge in [-0.2, -0.15) is 0 Å². The minimum Gasteiger partial charge on any atom is -0.508 e. The van der Waals surface area contributed by atoms with Crippen LogP contribution in [0.3, 0.4) is 0 Å². The molecule has 0 atom stereocenters. The lowest BCUT2D eigenvalue weighted by molar-refractivity contribution is 0.476. The van der Waals surface area contributed by atoms with Gasteiger partial charge in [-0.3, -0.25) is 0 Å². The van der Waals surface area contributed by atoms with E-state index in [0.29, 0.717) is 6.42 Å². The van der Waals surface area contributed by atoms with Crippen LogP contribution in [0.25, 0.3) is 11.0 Å². The van der Waals surface area contributed by atoms with E-state index in [2.05, 4.69) is 16.9 Å². The lowest BCUT2D eigenvalue weighted by atomic mass is 10.3. The van der Waals surface area contributed by atoms with Crippen LogP contribution in [0.15, 0.2) is 18.2 Å². The van der Waals surface area contributed by atoms with Gasteiger partial charge in [0.25, 0.3) is 0 Å². The van der Waals surface area contributed by atoms with Crippen molar-refractivity contribution < 1.29 is 5.11 Å². The number of nitrogens with zero attached hydrogens (tertiary/aromatic N) is 1. The van der Waals surface area contributed by atoms with Crippen LogP contribution in [0.2, 0.25) is 0 Å². The predicted octanol–water partition coefficient (Wildman–Crippen LogP) is 1.65. The molecule has 0 saturated carbocycles. The second-order valence-corrected chi connectivity index (χ2v) is 2.63. The van der Waals surface area contributed by atoms with E-state index in [1.165, 1.54) is 0 Å². The number of nitrogens with one attached hydrogen (secondary N) is 1. The Labute approximate surface area is 70.1 Å². The minimum absolute atomic E-state index is 0.252. The first kappa shape index (κ1) is 7.16. The average Bonchev–Trinajstić information content (AvgIpc) is 2.46. The molecule has 0 fully saturated rings. The first-order chi connectivity index (χ1) is 5.79. The van der Waals surface area contributed by atoms with Gasteiger partial charge in [0, 0.05) is 12.5 Å². The van der Waals surface area contributed by atoms with Crippen LogP contribution in [-0.4, -0.2) is 15.1 Å². The number of imidazole rings is 1. The summed E-state index contributed by atoms with van der Waals surface area (Å²) in [6, 6.07) is 5.05. The number of phenols is 1. The number of aromatic amines is 1. The predicted molar refractivity (Wildman–Crippen MR) is 46.8 cm³/mol. The molecule has 1 aromatic carbocycles. The summed E-state index contributed by atoms with van der Waals surface area (Å²) in [4.78, 5) is 7.30. The molecule has 0 spiro atoms. The summed E-state index contributed by atoms with van der Waals surface area (Å²) >= 11 is 0. The topological polar surface area (TPSA) is 48.9 Å². The molecule has 0 bridgehead atoms. The molecule has 0 aliphatic rings. The van der Waals surface area contributed by atoms with Crippen molar-refractivity contribution in [2.45, 2.75) is 6.42 Å². The number of fused-ring (bicyclic) bond motifs is 1. The minimum atomic E-state index is 0.252. The van der Waals surface area contributed by atoms with Crippen LogP contribution < -0.4 is 0 Å². The van der Waals surface area contributed by atoms with Crippen molar-refractivity contribution in [2.75, 3.05) is 0 Å². The summed E-state index contributed by atoms with van der Waals surface area (Å²) in [5, 5.41) is 9.15. The zero-order valence-corrected chi connectivity index (χ0v) is 6.54. The summed E-state index contributed by atoms with van der Waals surface area (Å²) in [7, 11) is 0. The molecular formula is C9H9N2O. The maximum Gasteiger partial charge on any atom is 0.117 e. The van der Waals surface area contributed by atoms with Crippen molar-refractivity contribution in [1.29, 1.82) is 0 Å². The largest absolute Gasteiger partial charge is 0.508 e. The normalized spacial score (nSPS) is 10.8. The van der Waals surface area contributed by atoms with Crippen molar-refractivity contribution in [2.24, 2.45) is 0 Å². The molecule has 3 nitrogen and oxygen atoms in total. The Morgan fingerprint density at radius 3 is 3.08 bits per heavy atom. The third-order valence-corrected chi connectivity index (χ3v) is 1.75. The molecule has 1 heterocycles. The maximum atomic E-state index is 9.15. The number of H-pyrrole nitrogens is 1. The number of hydrogen-bond donors (Lipinski definition) is 2. The third-order valence-electron chi connectivity index (χ3n) is 1.75. The molecule has 0 saturated heterocycles. The number of aromatic hydroxyl groups is 1. The van der Waals surface area contributed by atoms with Gasteiger partial charge < -0.3 is 10.1 Å². The Morgan fingerprint density at radius 1 is 1.50 bits per heavy atom. The van der Waals surface area contributed by atoms with Crippen LogP contribution in [0.4, 0.5) is 0 Å². The highest BCUT2D eigenvalue weighted by molar-refractivity contribution is 5.76. The first-order valence-corrected chi connectivity index (χ1v) is 3.76. The van der Waals surface area contributed by atoms with Crippen molar-refractivity contribution in [3.8, 4) is 5.75 Å². The van der Waals surface area contributed by atoms with Gasteiger partial charge in [-0.15, -0.1) is 0 Å². The monoisotopic (exact) mass is 161 g/mol. The molecule has 0 aliphatic carbocycles. The quantitative estimate of drug-likeness (QED) is 0.668. The molecule has 0 amide bonds. The lowest BCUT2D eigenvalue weighted by Crippen LogP contribution is -1.79. The highest BCUT2D eigenvalue weighted by atomic mass is 16.3. The maximum absolute atomic E-state index is 9.15. The Bertz CT molecular complexity index is 406. The van der Waals surface area contributed by atoms with E-state index in [4.69, 9.17) is 5.11 Å². The third kappa shape index (κ3) is 1.03. The van der Waals surface area contributed by atoms with Gasteiger partial charge in [0.1, 0.15) is 11.6 Å². The zero-order valence-electron chi connectivity index (χ0n) is 6.54. The summed E-state index contributed by atoms with van der Waals surface area (Å²) in [6.45, 7) is 3.72. The summed E-state index contributed by atoms with van der Waals surface area (Å²) in [5.74, 6) is 1.09. The van der Waals surface area contributed by atoms with Crippen molar-refractivity contribution in [3.63, 3.8) is 0 Å². The summed E-state index contributed by atoms with van der Waals surface area (Å²) < 4.78 is 0. The van der Waals surface area contributed by atoms with Crippen LogP contribution in [0.1, 0.15) is 5.82 Å². The fourth-order valence-corrected chi connectivity index (χ4v) is 1.17. The Balaban J connectivity index is 2.67. The van der Waals surface area contributed by atoms with Gasteiger partial charge in [0.2, 0.25) is 0 Å². The van der Waals surface area contributed by atoms with E-state index < -0.39 is 0 Å². The number of hydrogen-bond acceptors (Lipinski definition) is 2. The van der Waals surface area contributed by atoms with Gasteiger partial charge in [-0.05, 0) is 19.1 Å². The molecule has 3 heteroatoms. The molecule has 61 valence electrons. The molecule has 1 aromatic heterocycles. The SMILES string of the molecule is [CH2]Cc1nc2ccc(O)cc2[nH]1. The Morgan fingerprint density at radius 2 is 2.33 bits per heavy atom. The van der Waals surface area contributed by atoms with E-state index in [9.17, 15) is 0 Å². The molecule has 0 unspecified atom stereocenters. The molecular weight excluding hydrogens is 152 g/mol. The zero-order chi connectivity index (χ0) is 8.55. The van der Waals surface area contributed by atoms with Crippen molar-refractivity contribution in [3.05, 3.63) is 30.9 Å². The van der Waals surface area contributed by atoms with E-state index in [-0.39, 0.29) is 5.75 Å². The molecule has 12 heavy (non-hydrogen) atoms. The average molecular weight is 161 g/mol. The molecule has 0 aliphatic heterocycles. The Hall–Kier alpha value is -1.51. The van der Waals surface area contributed by atoms with E-state index >= 15 is 0 Å². The standard InChI is InChI=1S/C9H9N2O/c1-2-9-10-7-4-3-6(12)5-8(7)11-9/h3-5,12H,1-2H2,(H,10,11). The van der Waals surface area contributed by atoms with Gasteiger partial charge >= 0.3 is 0 Å². The van der Waals surface area contributed by atoms with Crippen molar-refractivity contribution >= 4 is 11.0 Å². The number of phenolic OH excluding ortho intramolecular Hbond substituents is 1. The second kappa shape index (κ2) is 2.52. The lowest BCUT2D eigenvalue weighted by Gasteiger charge is -1.88. The van der Waals surface area contributed by atoms with E-state index in [1.54, 1.807) is 18.2 Å². The highest BCUT2D eigenvalue weighted by Gasteiger charge is 2.00. The van der Waals surface area contributed by atoms with E-state index in [1.807, 2.05) is 0 Å². The number of rotatable bonds is 1. The van der Waals surface area contributed by atoms with Crippen LogP contribution >= 0.6 is 0 Å². The van der Waals surface area contributed by atoms with Crippen LogP contribution in [-0.2, 0) is 6.42 Å². The van der Waals surface area contributed by atoms with Crippen LogP contribution in [0, 0.1) is 6.92 Å². The Kier molecular flexibility index (Phi) is 1.50. The van der Waals surface area contributed by atoms with E-state index in [0.717, 1.165) is 16.9 Å². The van der Waals surface area contributed by atoms with Crippen molar-refractivity contribution in [1.82, 2.24) is 9.97 Å². The smallest absolute Gasteiger partial charge is 0.117 e. The number of benzene rings is 1. The molecule has 1 radical (unpaired) electrons. The van der Waals surface area contributed by atoms with Gasteiger partial charge in [0.15, 0.2) is 0 Å². The van der Waals surface area contributed by atoms with Gasteiger partial charge in [-0.25, -0.2) is 4.98 Å². The van der Waals surface area contributed by atoms with Gasteiger partial charge in [-0.1, -0.05) is 0 Å². The summed E-state index contributed by atoms with van der Waals surface area (Å²) in [6.07, 6.45) is 0.634. The fraction of sp³-hybridized carbons (Fsp3) is 0.111. The second-order valence-electron chi connectivity index (χ2n) is 2.63.